The predicted octanol–water partition coefficient (Wildman–Crippen LogP) is 20.7. The summed E-state index contributed by atoms with van der Waals surface area (Å²) >= 11 is 0. The minimum absolute atomic E-state index is 0.262. The third-order valence-corrected chi connectivity index (χ3v) is 25.1. The molecule has 0 bridgehead atoms. The van der Waals surface area contributed by atoms with Crippen molar-refractivity contribution in [1.29, 1.82) is 0 Å². The van der Waals surface area contributed by atoms with Gasteiger partial charge in [0.1, 0.15) is 0 Å². The zero-order valence-electron chi connectivity index (χ0n) is 50.6. The quantitative estimate of drug-likeness (QED) is 0.0791. The normalized spacial score (nSPS) is 12.4. The van der Waals surface area contributed by atoms with E-state index in [1.54, 1.807) is 0 Å². The molecule has 0 aromatic heterocycles. The lowest BCUT2D eigenvalue weighted by Crippen LogP contribution is -2.39. The number of hydrogen-bond donors (Lipinski definition) is 0. The van der Waals surface area contributed by atoms with Gasteiger partial charge in [0.25, 0.3) is 0 Å². The van der Waals surface area contributed by atoms with Crippen LogP contribution in [-0.2, 0) is 0 Å². The molecule has 8 heteroatoms. The number of rotatable bonds is 14. The second-order valence-electron chi connectivity index (χ2n) is 26.8. The first-order chi connectivity index (χ1) is 40.1. The molecule has 0 radical (unpaired) electrons. The van der Waals surface area contributed by atoms with E-state index in [-0.39, 0.29) is 11.6 Å². The summed E-state index contributed by atoms with van der Waals surface area (Å²) in [7, 11) is -7.88. The van der Waals surface area contributed by atoms with Gasteiger partial charge >= 0.3 is 0 Å². The predicted molar refractivity (Wildman–Crippen MR) is 373 cm³/mol. The first-order valence-corrected chi connectivity index (χ1v) is 43.6. The largest absolute Gasteiger partial charge is 0.307 e. The number of para-hydroxylation sites is 2. The van der Waals surface area contributed by atoms with E-state index in [9.17, 15) is 0 Å². The lowest BCUT2D eigenvalue weighted by molar-refractivity contribution is 0.632. The topological polar surface area (TPSA) is 6.48 Å². The molecule has 0 unspecified atom stereocenters. The lowest BCUT2D eigenvalue weighted by Gasteiger charge is -2.33. The van der Waals surface area contributed by atoms with E-state index in [4.69, 9.17) is 0 Å². The molecular weight excluding hydrogens is 1090 g/mol. The van der Waals surface area contributed by atoms with Gasteiger partial charge in [-0.1, -0.05) is 293 Å². The van der Waals surface area contributed by atoms with Gasteiger partial charge in [-0.05, 0) is 80.2 Å². The second kappa shape index (κ2) is 21.6. The molecule has 12 aromatic carbocycles. The third kappa shape index (κ3) is 10.1. The van der Waals surface area contributed by atoms with E-state index in [1.165, 1.54) is 20.7 Å². The molecule has 0 aliphatic carbocycles. The monoisotopic (exact) mass is 1160 g/mol. The Morgan fingerprint density at radius 3 is 0.821 bits per heavy atom. The highest BCUT2D eigenvalue weighted by molar-refractivity contribution is 6.91. The van der Waals surface area contributed by atoms with Gasteiger partial charge in [0.15, 0.2) is 11.6 Å². The van der Waals surface area contributed by atoms with Crippen molar-refractivity contribution in [2.24, 2.45) is 0 Å². The van der Waals surface area contributed by atoms with Gasteiger partial charge in [-0.25, -0.2) is 8.78 Å². The molecule has 0 heterocycles. The fraction of sp³-hybridized carbons (Fsp3) is 0.158. The maximum absolute atomic E-state index is 19.2. The average Bonchev–Trinajstić information content (AvgIpc) is 1.42. The summed E-state index contributed by atoms with van der Waals surface area (Å²) in [5.41, 5.74) is 11.3. The Morgan fingerprint density at radius 1 is 0.250 bits per heavy atom. The van der Waals surface area contributed by atoms with Crippen molar-refractivity contribution in [3.8, 4) is 44.5 Å². The number of hydrogen-bond acceptors (Lipinski definition) is 2. The van der Waals surface area contributed by atoms with Gasteiger partial charge in [-0.3, -0.25) is 0 Å². The number of halogens is 2. The molecule has 0 atom stereocenters. The van der Waals surface area contributed by atoms with Crippen molar-refractivity contribution in [3.63, 3.8) is 0 Å². The summed E-state index contributed by atoms with van der Waals surface area (Å²) in [6, 6.07) is 81.0. The van der Waals surface area contributed by atoms with E-state index in [0.29, 0.717) is 22.5 Å². The molecule has 0 N–H and O–H groups in total. The summed E-state index contributed by atoms with van der Waals surface area (Å²) in [5.74, 6) is -0.524. The smallest absolute Gasteiger partial charge is 0.155 e. The summed E-state index contributed by atoms with van der Waals surface area (Å²) in [4.78, 5) is 4.38. The van der Waals surface area contributed by atoms with E-state index >= 15 is 8.78 Å². The van der Waals surface area contributed by atoms with Gasteiger partial charge in [-0.15, -0.1) is 0 Å². The molecule has 12 rings (SSSR count). The zero-order valence-corrected chi connectivity index (χ0v) is 54.6. The Bertz CT molecular complexity index is 4170. The highest BCUT2D eigenvalue weighted by atomic mass is 28.3. The van der Waals surface area contributed by atoms with Crippen molar-refractivity contribution in [2.45, 2.75) is 78.6 Å². The minimum Gasteiger partial charge on any atom is -0.307 e. The summed E-state index contributed by atoms with van der Waals surface area (Å²) in [5, 5.41) is 11.2. The first kappa shape index (κ1) is 56.5. The van der Waals surface area contributed by atoms with Gasteiger partial charge in [0.05, 0.1) is 55.0 Å². The Balaban J connectivity index is 1.17. The fourth-order valence-corrected chi connectivity index (χ4v) is 19.5. The Morgan fingerprint density at radius 2 is 0.512 bits per heavy atom. The molecule has 0 aliphatic rings. The third-order valence-electron chi connectivity index (χ3n) is 16.9. The Labute approximate surface area is 500 Å². The second-order valence-corrected chi connectivity index (χ2v) is 46.9. The SMILES string of the molecule is C[Si](C)(C)c1ccccc1-c1ccc(-c2ccccc2[Si](C)(C)C)c(N(c2ccccc2)c2ccc3ccc4c(N(c5ccccc5)c5c(-c6ccccc6[Si](C)(C)C)ccc(-c6ccccc6[Si](C)(C)C)c5F)ccc5ccc2c3c54)c1F. The van der Waals surface area contributed by atoms with Crippen LogP contribution in [0.15, 0.2) is 231 Å². The van der Waals surface area contributed by atoms with E-state index < -0.39 is 32.3 Å². The molecule has 84 heavy (non-hydrogen) atoms. The lowest BCUT2D eigenvalue weighted by atomic mass is 9.90. The van der Waals surface area contributed by atoms with Crippen LogP contribution >= 0.6 is 0 Å². The average molecular weight is 1170 g/mol. The first-order valence-electron chi connectivity index (χ1n) is 29.6. The molecule has 0 aliphatic heterocycles. The van der Waals surface area contributed by atoms with Gasteiger partial charge in [0.2, 0.25) is 0 Å². The molecule has 12 aromatic rings. The molecular formula is C76H74F2N2Si4. The van der Waals surface area contributed by atoms with E-state index in [2.05, 4.69) is 282 Å². The van der Waals surface area contributed by atoms with Crippen LogP contribution in [0.2, 0.25) is 78.6 Å². The Kier molecular flexibility index (Phi) is 14.5. The van der Waals surface area contributed by atoms with Crippen LogP contribution in [-0.4, -0.2) is 32.3 Å². The minimum atomic E-state index is -1.99. The van der Waals surface area contributed by atoms with Crippen molar-refractivity contribution >= 4 is 119 Å². The molecule has 418 valence electrons. The van der Waals surface area contributed by atoms with Crippen LogP contribution in [0.1, 0.15) is 0 Å². The van der Waals surface area contributed by atoms with Crippen LogP contribution < -0.4 is 30.5 Å². The Hall–Kier alpha value is -7.99. The molecule has 0 saturated carbocycles. The zero-order chi connectivity index (χ0) is 59.0. The van der Waals surface area contributed by atoms with Crippen LogP contribution in [0, 0.1) is 11.6 Å². The summed E-state index contributed by atoms with van der Waals surface area (Å²) in [6.07, 6.45) is 0. The van der Waals surface area contributed by atoms with Crippen LogP contribution in [0.25, 0.3) is 76.8 Å². The van der Waals surface area contributed by atoms with Crippen LogP contribution in [0.4, 0.5) is 42.9 Å². The highest BCUT2D eigenvalue weighted by Crippen LogP contribution is 2.52. The maximum Gasteiger partial charge on any atom is 0.155 e. The van der Waals surface area contributed by atoms with Gasteiger partial charge in [0, 0.05) is 44.4 Å². The van der Waals surface area contributed by atoms with E-state index in [0.717, 1.165) is 88.4 Å². The van der Waals surface area contributed by atoms with Crippen molar-refractivity contribution in [1.82, 2.24) is 0 Å². The van der Waals surface area contributed by atoms with Gasteiger partial charge < -0.3 is 9.80 Å². The standard InChI is InChI=1S/C76H74F2N2Si4/c1-81(2,3)67-35-23-19-31-55(67)59-45-47-61(57-33-21-25-37-69(57)83(7,8)9)75(73(59)77)79(53-27-15-13-16-28-53)65-49-41-51-40-44-64-66(50-42-52-39-43-63(65)71(51)72(52)64)80(54-29-17-14-18-30-54)76-62(58-34-22-26-38-70(58)84(10,11)12)48-46-60(74(76)78)56-32-20-24-36-68(56)82(4,5)6/h13-50H,1-12H3. The fourth-order valence-electron chi connectivity index (χ4n) is 13.0. The maximum atomic E-state index is 19.2. The molecule has 2 nitrogen and oxygen atoms in total. The van der Waals surface area contributed by atoms with Crippen molar-refractivity contribution in [3.05, 3.63) is 242 Å². The van der Waals surface area contributed by atoms with E-state index in [1.807, 2.05) is 36.4 Å². The van der Waals surface area contributed by atoms with Crippen LogP contribution in [0.5, 0.6) is 0 Å². The molecule has 0 saturated heterocycles. The summed E-state index contributed by atoms with van der Waals surface area (Å²) < 4.78 is 38.5. The molecule has 0 fully saturated rings. The number of nitrogens with zero attached hydrogens (tertiary/aromatic N) is 2. The van der Waals surface area contributed by atoms with Crippen molar-refractivity contribution < 1.29 is 8.78 Å². The molecule has 0 amide bonds. The van der Waals surface area contributed by atoms with Crippen LogP contribution in [0.3, 0.4) is 0 Å². The highest BCUT2D eigenvalue weighted by Gasteiger charge is 2.34. The number of benzene rings is 12. The molecule has 0 spiro atoms. The van der Waals surface area contributed by atoms with Crippen molar-refractivity contribution in [2.75, 3.05) is 9.80 Å². The summed E-state index contributed by atoms with van der Waals surface area (Å²) in [6.45, 7) is 28.2. The van der Waals surface area contributed by atoms with Gasteiger partial charge in [-0.2, -0.15) is 0 Å². The number of anilines is 6.